The van der Waals surface area contributed by atoms with E-state index in [1.165, 1.54) is 18.0 Å². The minimum absolute atomic E-state index is 0.142. The molecule has 6 nitrogen and oxygen atoms in total. The third kappa shape index (κ3) is 3.41. The molecule has 1 amide bonds. The Labute approximate surface area is 175 Å². The number of aryl methyl sites for hydroxylation is 1. The molecule has 4 aromatic rings. The second-order valence-corrected chi connectivity index (χ2v) is 7.98. The zero-order chi connectivity index (χ0) is 19.8. The highest BCUT2D eigenvalue weighted by Crippen LogP contribution is 2.29. The van der Waals surface area contributed by atoms with E-state index in [2.05, 4.69) is 26.6 Å². The normalized spacial score (nSPS) is 11.3. The molecule has 0 unspecified atom stereocenters. The molecule has 1 N–H and O–H groups in total. The number of thioether (sulfide) groups is 1. The average molecular weight is 432 g/mol. The molecule has 0 spiro atoms. The van der Waals surface area contributed by atoms with Crippen molar-refractivity contribution in [1.29, 1.82) is 0 Å². The molecule has 28 heavy (non-hydrogen) atoms. The second-order valence-electron chi connectivity index (χ2n) is 6.25. The Bertz CT molecular complexity index is 1220. The molecule has 0 bridgehead atoms. The summed E-state index contributed by atoms with van der Waals surface area (Å²) in [6.45, 7) is 3.81. The fourth-order valence-electron chi connectivity index (χ4n) is 2.91. The minimum atomic E-state index is -0.241. The van der Waals surface area contributed by atoms with E-state index in [0.29, 0.717) is 26.6 Å². The number of hydrogen-bond acceptors (Lipinski definition) is 5. The van der Waals surface area contributed by atoms with E-state index in [1.807, 2.05) is 35.6 Å². The predicted octanol–water partition coefficient (Wildman–Crippen LogP) is 4.93. The van der Waals surface area contributed by atoms with Crippen LogP contribution in [-0.2, 0) is 4.79 Å². The van der Waals surface area contributed by atoms with Crippen LogP contribution >= 0.6 is 35.0 Å². The van der Waals surface area contributed by atoms with Crippen molar-refractivity contribution in [2.45, 2.75) is 19.0 Å². The summed E-state index contributed by atoms with van der Waals surface area (Å²) in [5.74, 6) is 0.193. The Morgan fingerprint density at radius 2 is 2.00 bits per heavy atom. The van der Waals surface area contributed by atoms with Crippen LogP contribution in [0.15, 0.2) is 41.7 Å². The predicted molar refractivity (Wildman–Crippen MR) is 114 cm³/mol. The van der Waals surface area contributed by atoms with Crippen molar-refractivity contribution in [1.82, 2.24) is 19.6 Å². The number of hydrogen-bond donors (Lipinski definition) is 1. The second kappa shape index (κ2) is 7.58. The quantitative estimate of drug-likeness (QED) is 0.463. The van der Waals surface area contributed by atoms with Gasteiger partial charge in [0, 0.05) is 11.6 Å². The van der Waals surface area contributed by atoms with E-state index in [9.17, 15) is 4.79 Å². The number of carbonyl (C=O) groups is 1. The molecule has 0 saturated carbocycles. The van der Waals surface area contributed by atoms with Crippen LogP contribution in [0.4, 0.5) is 5.82 Å². The Balaban J connectivity index is 1.57. The molecule has 0 aliphatic rings. The average Bonchev–Trinajstić information content (AvgIpc) is 3.10. The molecule has 0 fully saturated rings. The summed E-state index contributed by atoms with van der Waals surface area (Å²) in [5.41, 5.74) is 3.55. The van der Waals surface area contributed by atoms with Gasteiger partial charge in [-0.1, -0.05) is 53.2 Å². The number of amides is 1. The highest BCUT2D eigenvalue weighted by Gasteiger charge is 2.15. The summed E-state index contributed by atoms with van der Waals surface area (Å²) >= 11 is 13.5. The van der Waals surface area contributed by atoms with Crippen molar-refractivity contribution < 1.29 is 4.79 Å². The third-order valence-electron chi connectivity index (χ3n) is 4.37. The van der Waals surface area contributed by atoms with Crippen LogP contribution in [0, 0.1) is 13.8 Å². The fraction of sp³-hybridized carbons (Fsp3) is 0.158. The maximum absolute atomic E-state index is 12.4. The van der Waals surface area contributed by atoms with Crippen LogP contribution < -0.4 is 5.32 Å². The highest BCUT2D eigenvalue weighted by atomic mass is 35.5. The number of pyridine rings is 2. The monoisotopic (exact) mass is 431 g/mol. The lowest BCUT2D eigenvalue weighted by atomic mass is 10.1. The number of fused-ring (bicyclic) bond motifs is 3. The van der Waals surface area contributed by atoms with Gasteiger partial charge in [0.25, 0.3) is 0 Å². The Hall–Kier alpha value is -2.35. The lowest BCUT2D eigenvalue weighted by molar-refractivity contribution is -0.113. The number of aromatic nitrogens is 4. The SMILES string of the molecule is Cc1c(Cl)cnc(NC(=O)CSc2nnc3cc(C)c4ccccc4n23)c1Cl. The van der Waals surface area contributed by atoms with Crippen LogP contribution in [0.25, 0.3) is 16.6 Å². The van der Waals surface area contributed by atoms with Crippen LogP contribution in [0.3, 0.4) is 0 Å². The van der Waals surface area contributed by atoms with Gasteiger partial charge in [0.1, 0.15) is 0 Å². The number of halogens is 2. The molecule has 0 saturated heterocycles. The zero-order valence-electron chi connectivity index (χ0n) is 15.0. The Morgan fingerprint density at radius 3 is 2.82 bits per heavy atom. The van der Waals surface area contributed by atoms with Crippen molar-refractivity contribution in [3.63, 3.8) is 0 Å². The molecule has 0 radical (unpaired) electrons. The number of nitrogens with zero attached hydrogens (tertiary/aromatic N) is 4. The van der Waals surface area contributed by atoms with Gasteiger partial charge in [0.2, 0.25) is 5.91 Å². The van der Waals surface area contributed by atoms with Gasteiger partial charge >= 0.3 is 0 Å². The number of benzene rings is 1. The zero-order valence-corrected chi connectivity index (χ0v) is 17.4. The van der Waals surface area contributed by atoms with E-state index >= 15 is 0 Å². The number of para-hydroxylation sites is 1. The number of rotatable bonds is 4. The van der Waals surface area contributed by atoms with Gasteiger partial charge in [-0.05, 0) is 37.1 Å². The van der Waals surface area contributed by atoms with Gasteiger partial charge in [-0.3, -0.25) is 9.20 Å². The van der Waals surface area contributed by atoms with E-state index in [4.69, 9.17) is 23.2 Å². The summed E-state index contributed by atoms with van der Waals surface area (Å²) in [6.07, 6.45) is 1.46. The fourth-order valence-corrected chi connectivity index (χ4v) is 4.05. The van der Waals surface area contributed by atoms with E-state index < -0.39 is 0 Å². The van der Waals surface area contributed by atoms with Gasteiger partial charge in [-0.15, -0.1) is 10.2 Å². The van der Waals surface area contributed by atoms with E-state index in [-0.39, 0.29) is 11.7 Å². The first-order valence-corrected chi connectivity index (χ1v) is 10.2. The summed E-state index contributed by atoms with van der Waals surface area (Å²) in [4.78, 5) is 16.5. The summed E-state index contributed by atoms with van der Waals surface area (Å²) in [7, 11) is 0. The summed E-state index contributed by atoms with van der Waals surface area (Å²) < 4.78 is 1.96. The molecule has 0 atom stereocenters. The molecule has 0 aliphatic heterocycles. The lowest BCUT2D eigenvalue weighted by Gasteiger charge is -2.09. The van der Waals surface area contributed by atoms with Gasteiger partial charge in [-0.25, -0.2) is 4.98 Å². The molecule has 3 aromatic heterocycles. The van der Waals surface area contributed by atoms with Crippen molar-refractivity contribution in [3.05, 3.63) is 57.7 Å². The van der Waals surface area contributed by atoms with Crippen molar-refractivity contribution in [2.24, 2.45) is 0 Å². The molecule has 9 heteroatoms. The first kappa shape index (κ1) is 19.0. The summed E-state index contributed by atoms with van der Waals surface area (Å²) in [6, 6.07) is 10.0. The molecule has 3 heterocycles. The molecule has 142 valence electrons. The van der Waals surface area contributed by atoms with Crippen LogP contribution in [0.2, 0.25) is 10.0 Å². The van der Waals surface area contributed by atoms with Gasteiger partial charge < -0.3 is 5.32 Å². The Kier molecular flexibility index (Phi) is 5.14. The highest BCUT2D eigenvalue weighted by molar-refractivity contribution is 7.99. The van der Waals surface area contributed by atoms with Gasteiger partial charge in [0.15, 0.2) is 16.6 Å². The smallest absolute Gasteiger partial charge is 0.236 e. The van der Waals surface area contributed by atoms with Crippen molar-refractivity contribution in [2.75, 3.05) is 11.1 Å². The number of nitrogens with one attached hydrogen (secondary N) is 1. The largest absolute Gasteiger partial charge is 0.309 e. The van der Waals surface area contributed by atoms with E-state index in [0.717, 1.165) is 22.1 Å². The minimum Gasteiger partial charge on any atom is -0.309 e. The maximum Gasteiger partial charge on any atom is 0.236 e. The maximum atomic E-state index is 12.4. The first-order valence-electron chi connectivity index (χ1n) is 8.42. The van der Waals surface area contributed by atoms with Crippen molar-refractivity contribution in [3.8, 4) is 0 Å². The standard InChI is InChI=1S/C19H15Cl2N5OS/c1-10-7-15-24-25-19(26(15)14-6-4-3-5-12(10)14)28-9-16(27)23-18-17(21)11(2)13(20)8-22-18/h3-8H,9H2,1-2H3,(H,22,23,27). The third-order valence-corrected chi connectivity index (χ3v) is 6.14. The topological polar surface area (TPSA) is 72.2 Å². The summed E-state index contributed by atoms with van der Waals surface area (Å²) in [5, 5.41) is 13.8. The lowest BCUT2D eigenvalue weighted by Crippen LogP contribution is -2.16. The first-order chi connectivity index (χ1) is 13.5. The Morgan fingerprint density at radius 1 is 1.21 bits per heavy atom. The van der Waals surface area contributed by atoms with Crippen LogP contribution in [0.5, 0.6) is 0 Å². The molecule has 4 rings (SSSR count). The van der Waals surface area contributed by atoms with Crippen molar-refractivity contribution >= 4 is 63.2 Å². The van der Waals surface area contributed by atoms with Crippen LogP contribution in [0.1, 0.15) is 11.1 Å². The molecule has 0 aliphatic carbocycles. The van der Waals surface area contributed by atoms with Crippen LogP contribution in [-0.4, -0.2) is 31.2 Å². The number of anilines is 1. The molecule has 1 aromatic carbocycles. The molecular weight excluding hydrogens is 417 g/mol. The number of carbonyl (C=O) groups excluding carboxylic acids is 1. The van der Waals surface area contributed by atoms with Gasteiger partial charge in [-0.2, -0.15) is 0 Å². The van der Waals surface area contributed by atoms with E-state index in [1.54, 1.807) is 6.92 Å². The van der Waals surface area contributed by atoms with Gasteiger partial charge in [0.05, 0.1) is 21.3 Å². The molecular formula is C19H15Cl2N5OS.